The van der Waals surface area contributed by atoms with Gasteiger partial charge in [-0.2, -0.15) is 0 Å². The molecule has 5 rings (SSSR count). The molecule has 0 aliphatic heterocycles. The van der Waals surface area contributed by atoms with Gasteiger partial charge in [0.05, 0.1) is 23.3 Å². The normalized spacial score (nSPS) is 13.9. The molecule has 2 aromatic heterocycles. The topological polar surface area (TPSA) is 66.2 Å². The minimum atomic E-state index is -0.488. The van der Waals surface area contributed by atoms with Gasteiger partial charge in [0.15, 0.2) is 0 Å². The van der Waals surface area contributed by atoms with Gasteiger partial charge in [-0.15, -0.1) is 0 Å². The molecule has 0 N–H and O–H groups in total. The molecule has 1 fully saturated rings. The number of nitrogens with zero attached hydrogens (tertiary/aromatic N) is 3. The Morgan fingerprint density at radius 3 is 2.22 bits per heavy atom. The van der Waals surface area contributed by atoms with Crippen molar-refractivity contribution >= 4 is 5.97 Å². The van der Waals surface area contributed by atoms with Crippen LogP contribution in [0.3, 0.4) is 0 Å². The van der Waals surface area contributed by atoms with Gasteiger partial charge >= 0.3 is 5.97 Å². The molecule has 1 aliphatic rings. The van der Waals surface area contributed by atoms with Crippen LogP contribution < -0.4 is 0 Å². The van der Waals surface area contributed by atoms with E-state index in [1.54, 1.807) is 0 Å². The molecule has 0 spiro atoms. The lowest BCUT2D eigenvalue weighted by atomic mass is 10.0. The number of rotatable bonds is 11. The lowest BCUT2D eigenvalue weighted by molar-refractivity contribution is -0.160. The molecule has 41 heavy (non-hydrogen) atoms. The Hall–Kier alpha value is -3.77. The van der Waals surface area contributed by atoms with E-state index in [4.69, 9.17) is 19.4 Å². The highest BCUT2D eigenvalue weighted by atomic mass is 16.6. The predicted octanol–water partition coefficient (Wildman–Crippen LogP) is 8.08. The summed E-state index contributed by atoms with van der Waals surface area (Å²) in [6.07, 6.45) is 12.0. The second kappa shape index (κ2) is 13.3. The van der Waals surface area contributed by atoms with Gasteiger partial charge in [0.2, 0.25) is 0 Å². The molecule has 0 amide bonds. The van der Waals surface area contributed by atoms with Crippen molar-refractivity contribution < 1.29 is 14.3 Å². The lowest BCUT2D eigenvalue weighted by Crippen LogP contribution is -2.26. The molecule has 214 valence electrons. The molecule has 2 heterocycles. The van der Waals surface area contributed by atoms with Crippen molar-refractivity contribution in [3.8, 4) is 33.8 Å². The lowest BCUT2D eigenvalue weighted by Gasteiger charge is -2.19. The summed E-state index contributed by atoms with van der Waals surface area (Å²) in [6.45, 7) is 6.14. The first-order valence-corrected chi connectivity index (χ1v) is 14.9. The fraction of sp³-hybridized carbons (Fsp3) is 0.400. The second-order valence-corrected chi connectivity index (χ2v) is 11.8. The van der Waals surface area contributed by atoms with Crippen molar-refractivity contribution in [2.24, 2.45) is 0 Å². The third-order valence-electron chi connectivity index (χ3n) is 7.42. The summed E-state index contributed by atoms with van der Waals surface area (Å²) in [6, 6.07) is 23.4. The third-order valence-corrected chi connectivity index (χ3v) is 7.42. The number of aryl methyl sites for hydroxylation is 1. The Labute approximate surface area is 243 Å². The maximum atomic E-state index is 11.9. The molecule has 0 atom stereocenters. The Kier molecular flexibility index (Phi) is 9.30. The van der Waals surface area contributed by atoms with Crippen LogP contribution >= 0.6 is 0 Å². The van der Waals surface area contributed by atoms with E-state index in [1.165, 1.54) is 31.4 Å². The Balaban J connectivity index is 1.33. The van der Waals surface area contributed by atoms with Crippen molar-refractivity contribution in [1.29, 1.82) is 0 Å². The van der Waals surface area contributed by atoms with E-state index in [9.17, 15) is 4.79 Å². The number of benzene rings is 2. The third kappa shape index (κ3) is 7.70. The van der Waals surface area contributed by atoms with Crippen LogP contribution in [-0.2, 0) is 20.7 Å². The molecule has 1 aliphatic carbocycles. The Bertz CT molecular complexity index is 1420. The highest BCUT2D eigenvalue weighted by molar-refractivity contribution is 5.79. The Morgan fingerprint density at radius 2 is 1.56 bits per heavy atom. The van der Waals surface area contributed by atoms with Crippen LogP contribution in [0.5, 0.6) is 0 Å². The first kappa shape index (κ1) is 28.7. The maximum absolute atomic E-state index is 11.9. The number of ether oxygens (including phenoxy) is 2. The zero-order valence-electron chi connectivity index (χ0n) is 24.5. The molecule has 0 unspecified atom stereocenters. The van der Waals surface area contributed by atoms with Gasteiger partial charge in [0, 0.05) is 41.2 Å². The van der Waals surface area contributed by atoms with Gasteiger partial charge in [-0.05, 0) is 58.9 Å². The predicted molar refractivity (Wildman–Crippen MR) is 163 cm³/mol. The SMILES string of the molecule is CC(C)(C)OC(=O)COCCCCc1cc(-c2cnc(-c3ccccc3)c(-c3ccccc3)n2)cn1C1CCCC1. The molecule has 6 heteroatoms. The quantitative estimate of drug-likeness (QED) is 0.139. The van der Waals surface area contributed by atoms with Gasteiger partial charge < -0.3 is 14.0 Å². The minimum Gasteiger partial charge on any atom is -0.458 e. The summed E-state index contributed by atoms with van der Waals surface area (Å²) in [5.41, 5.74) is 6.74. The summed E-state index contributed by atoms with van der Waals surface area (Å²) in [5, 5.41) is 0. The van der Waals surface area contributed by atoms with Crippen LogP contribution in [-0.4, -0.2) is 39.3 Å². The number of aromatic nitrogens is 3. The van der Waals surface area contributed by atoms with Gasteiger partial charge in [-0.3, -0.25) is 4.98 Å². The standard InChI is InChI=1S/C35H41N3O3/c1-35(2,3)41-32(39)25-40-21-13-12-20-30-22-28(24-38(30)29-18-10-11-19-29)31-23-36-33(26-14-6-4-7-15-26)34(37-31)27-16-8-5-9-17-27/h4-9,14-17,22-24,29H,10-13,18-21,25H2,1-3H3. The molecule has 1 saturated carbocycles. The maximum Gasteiger partial charge on any atom is 0.332 e. The van der Waals surface area contributed by atoms with Crippen LogP contribution in [0.4, 0.5) is 0 Å². The van der Waals surface area contributed by atoms with Gasteiger partial charge in [-0.25, -0.2) is 9.78 Å². The van der Waals surface area contributed by atoms with Crippen LogP contribution in [0.15, 0.2) is 79.1 Å². The van der Waals surface area contributed by atoms with Crippen molar-refractivity contribution in [3.63, 3.8) is 0 Å². The van der Waals surface area contributed by atoms with Crippen molar-refractivity contribution in [2.45, 2.75) is 77.4 Å². The van der Waals surface area contributed by atoms with Crippen LogP contribution in [0, 0.1) is 0 Å². The second-order valence-electron chi connectivity index (χ2n) is 11.8. The van der Waals surface area contributed by atoms with E-state index >= 15 is 0 Å². The first-order valence-electron chi connectivity index (χ1n) is 14.9. The Morgan fingerprint density at radius 1 is 0.902 bits per heavy atom. The van der Waals surface area contributed by atoms with E-state index in [0.717, 1.165) is 53.0 Å². The number of carbonyl (C=O) groups is 1. The highest BCUT2D eigenvalue weighted by Crippen LogP contribution is 2.35. The minimum absolute atomic E-state index is 0.00125. The van der Waals surface area contributed by atoms with E-state index in [2.05, 4.69) is 41.1 Å². The molecule has 0 bridgehead atoms. The van der Waals surface area contributed by atoms with Crippen molar-refractivity contribution in [2.75, 3.05) is 13.2 Å². The van der Waals surface area contributed by atoms with E-state index in [-0.39, 0.29) is 12.6 Å². The fourth-order valence-corrected chi connectivity index (χ4v) is 5.56. The van der Waals surface area contributed by atoms with Gasteiger partial charge in [0.25, 0.3) is 0 Å². The molecular weight excluding hydrogens is 510 g/mol. The van der Waals surface area contributed by atoms with Crippen LogP contribution in [0.1, 0.15) is 71.0 Å². The van der Waals surface area contributed by atoms with Crippen molar-refractivity contribution in [1.82, 2.24) is 14.5 Å². The molecule has 0 saturated heterocycles. The van der Waals surface area contributed by atoms with Gasteiger partial charge in [-0.1, -0.05) is 73.5 Å². The molecule has 2 aromatic carbocycles. The number of esters is 1. The highest BCUT2D eigenvalue weighted by Gasteiger charge is 2.22. The van der Waals surface area contributed by atoms with Gasteiger partial charge in [0.1, 0.15) is 12.2 Å². The van der Waals surface area contributed by atoms with Crippen LogP contribution in [0.25, 0.3) is 33.8 Å². The number of unbranched alkanes of at least 4 members (excludes halogenated alkanes) is 1. The zero-order chi connectivity index (χ0) is 28.7. The van der Waals surface area contributed by atoms with E-state index in [1.807, 2.05) is 63.4 Å². The van der Waals surface area contributed by atoms with E-state index in [0.29, 0.717) is 12.6 Å². The zero-order valence-corrected chi connectivity index (χ0v) is 24.5. The monoisotopic (exact) mass is 551 g/mol. The number of hydrogen-bond donors (Lipinski definition) is 0. The average molecular weight is 552 g/mol. The summed E-state index contributed by atoms with van der Waals surface area (Å²) in [5.74, 6) is -0.313. The molecule has 6 nitrogen and oxygen atoms in total. The largest absolute Gasteiger partial charge is 0.458 e. The smallest absolute Gasteiger partial charge is 0.332 e. The number of carbonyl (C=O) groups excluding carboxylic acids is 1. The summed E-state index contributed by atoms with van der Waals surface area (Å²) < 4.78 is 13.4. The first-order chi connectivity index (χ1) is 19.9. The fourth-order valence-electron chi connectivity index (χ4n) is 5.56. The molecule has 4 aromatic rings. The summed E-state index contributed by atoms with van der Waals surface area (Å²) >= 11 is 0. The molecular formula is C35H41N3O3. The summed E-state index contributed by atoms with van der Waals surface area (Å²) in [7, 11) is 0. The van der Waals surface area contributed by atoms with E-state index < -0.39 is 5.60 Å². The molecule has 0 radical (unpaired) electrons. The van der Waals surface area contributed by atoms with Crippen molar-refractivity contribution in [3.05, 3.63) is 84.8 Å². The summed E-state index contributed by atoms with van der Waals surface area (Å²) in [4.78, 5) is 22.0. The van der Waals surface area contributed by atoms with Crippen LogP contribution in [0.2, 0.25) is 0 Å². The number of hydrogen-bond acceptors (Lipinski definition) is 5. The average Bonchev–Trinajstić information content (AvgIpc) is 3.65.